The molecule has 0 saturated heterocycles. The normalized spacial score (nSPS) is 15.8. The molecular formula is C15H21FN2. The Balaban J connectivity index is 0.000000574. The first-order valence-corrected chi connectivity index (χ1v) is 6.90. The van der Waals surface area contributed by atoms with Crippen molar-refractivity contribution >= 4 is 10.9 Å². The van der Waals surface area contributed by atoms with Crippen molar-refractivity contribution in [1.82, 2.24) is 9.78 Å². The van der Waals surface area contributed by atoms with Gasteiger partial charge in [0.15, 0.2) is 0 Å². The van der Waals surface area contributed by atoms with Gasteiger partial charge in [-0.1, -0.05) is 26.7 Å². The van der Waals surface area contributed by atoms with Crippen LogP contribution >= 0.6 is 0 Å². The molecule has 0 amide bonds. The predicted octanol–water partition coefficient (Wildman–Crippen LogP) is 4.63. The molecule has 18 heavy (non-hydrogen) atoms. The lowest BCUT2D eigenvalue weighted by molar-refractivity contribution is 0.479. The summed E-state index contributed by atoms with van der Waals surface area (Å²) in [7, 11) is 0. The van der Waals surface area contributed by atoms with E-state index in [9.17, 15) is 4.39 Å². The van der Waals surface area contributed by atoms with E-state index in [2.05, 4.69) is 9.78 Å². The molecule has 0 spiro atoms. The third-order valence-electron chi connectivity index (χ3n) is 3.52. The second kappa shape index (κ2) is 5.51. The predicted molar refractivity (Wildman–Crippen MR) is 73.3 cm³/mol. The highest BCUT2D eigenvalue weighted by atomic mass is 19.1. The second-order valence-electron chi connectivity index (χ2n) is 4.63. The first-order chi connectivity index (χ1) is 8.75. The Morgan fingerprint density at radius 3 is 2.56 bits per heavy atom. The number of hydrogen-bond acceptors (Lipinski definition) is 1. The summed E-state index contributed by atoms with van der Waals surface area (Å²) in [5, 5.41) is 5.51. The number of rotatable bonds is 1. The lowest BCUT2D eigenvalue weighted by atomic mass is 10.2. The number of hydrogen-bond donors (Lipinski definition) is 0. The van der Waals surface area contributed by atoms with Gasteiger partial charge in [-0.15, -0.1) is 0 Å². The van der Waals surface area contributed by atoms with Gasteiger partial charge in [0, 0.05) is 5.39 Å². The molecule has 1 saturated carbocycles. The zero-order valence-corrected chi connectivity index (χ0v) is 11.4. The van der Waals surface area contributed by atoms with Gasteiger partial charge in [0.25, 0.3) is 0 Å². The van der Waals surface area contributed by atoms with Crippen LogP contribution < -0.4 is 0 Å². The highest BCUT2D eigenvalue weighted by Gasteiger charge is 2.20. The summed E-state index contributed by atoms with van der Waals surface area (Å²) in [4.78, 5) is 0. The summed E-state index contributed by atoms with van der Waals surface area (Å²) in [5.41, 5.74) is 2.01. The summed E-state index contributed by atoms with van der Waals surface area (Å²) < 4.78 is 15.3. The van der Waals surface area contributed by atoms with E-state index in [1.54, 1.807) is 6.07 Å². The number of halogens is 1. The van der Waals surface area contributed by atoms with Crippen molar-refractivity contribution in [3.8, 4) is 0 Å². The Morgan fingerprint density at radius 2 is 1.89 bits per heavy atom. The van der Waals surface area contributed by atoms with Crippen molar-refractivity contribution in [3.05, 3.63) is 29.7 Å². The lowest BCUT2D eigenvalue weighted by Crippen LogP contribution is -2.06. The summed E-state index contributed by atoms with van der Waals surface area (Å²) in [6.45, 7) is 5.95. The molecular weight excluding hydrogens is 227 g/mol. The number of aromatic nitrogens is 2. The van der Waals surface area contributed by atoms with E-state index >= 15 is 0 Å². The molecule has 0 N–H and O–H groups in total. The third kappa shape index (κ3) is 2.26. The minimum absolute atomic E-state index is 0.179. The molecule has 1 aromatic heterocycles. The van der Waals surface area contributed by atoms with Crippen LogP contribution in [-0.4, -0.2) is 9.78 Å². The van der Waals surface area contributed by atoms with Gasteiger partial charge >= 0.3 is 0 Å². The molecule has 1 heterocycles. The smallest absolute Gasteiger partial charge is 0.124 e. The number of nitrogens with zero attached hydrogens (tertiary/aromatic N) is 2. The lowest BCUT2D eigenvalue weighted by Gasteiger charge is -2.10. The van der Waals surface area contributed by atoms with Crippen LogP contribution in [0.2, 0.25) is 0 Å². The van der Waals surface area contributed by atoms with Crippen LogP contribution in [0, 0.1) is 12.7 Å². The maximum Gasteiger partial charge on any atom is 0.124 e. The average Bonchev–Trinajstić information content (AvgIpc) is 3.01. The average molecular weight is 248 g/mol. The van der Waals surface area contributed by atoms with Gasteiger partial charge in [0.1, 0.15) is 5.82 Å². The van der Waals surface area contributed by atoms with E-state index in [1.807, 2.05) is 26.8 Å². The van der Waals surface area contributed by atoms with E-state index in [1.165, 1.54) is 31.7 Å². The molecule has 3 heteroatoms. The van der Waals surface area contributed by atoms with E-state index in [4.69, 9.17) is 0 Å². The monoisotopic (exact) mass is 248 g/mol. The van der Waals surface area contributed by atoms with Gasteiger partial charge in [-0.3, -0.25) is 4.68 Å². The molecule has 0 atom stereocenters. The zero-order chi connectivity index (χ0) is 13.1. The van der Waals surface area contributed by atoms with Crippen molar-refractivity contribution in [3.63, 3.8) is 0 Å². The molecule has 0 aliphatic heterocycles. The van der Waals surface area contributed by atoms with Gasteiger partial charge in [0.2, 0.25) is 0 Å². The molecule has 3 rings (SSSR count). The van der Waals surface area contributed by atoms with Crippen molar-refractivity contribution in [2.45, 2.75) is 52.5 Å². The molecule has 1 aromatic carbocycles. The number of aryl methyl sites for hydroxylation is 1. The Hall–Kier alpha value is -1.38. The largest absolute Gasteiger partial charge is 0.262 e. The summed E-state index contributed by atoms with van der Waals surface area (Å²) in [6, 6.07) is 5.47. The molecule has 0 bridgehead atoms. The Labute approximate surface area is 108 Å². The Kier molecular flexibility index (Phi) is 4.00. The van der Waals surface area contributed by atoms with Gasteiger partial charge < -0.3 is 0 Å². The highest BCUT2D eigenvalue weighted by Crippen LogP contribution is 2.32. The Bertz CT molecular complexity index is 525. The molecule has 2 nitrogen and oxygen atoms in total. The topological polar surface area (TPSA) is 17.8 Å². The van der Waals surface area contributed by atoms with Gasteiger partial charge in [0.05, 0.1) is 17.3 Å². The fraction of sp³-hybridized carbons (Fsp3) is 0.533. The number of benzene rings is 1. The van der Waals surface area contributed by atoms with Crippen molar-refractivity contribution in [1.29, 1.82) is 0 Å². The first-order valence-electron chi connectivity index (χ1n) is 6.90. The minimum Gasteiger partial charge on any atom is -0.262 e. The highest BCUT2D eigenvalue weighted by molar-refractivity contribution is 5.81. The maximum atomic E-state index is 13.2. The maximum absolute atomic E-state index is 13.2. The van der Waals surface area contributed by atoms with Crippen LogP contribution in [0.1, 0.15) is 51.3 Å². The molecule has 98 valence electrons. The van der Waals surface area contributed by atoms with Gasteiger partial charge in [-0.2, -0.15) is 5.10 Å². The SMILES string of the molecule is CC.Cc1nn(C2CCCC2)c2ccc(F)cc12. The second-order valence-corrected chi connectivity index (χ2v) is 4.63. The molecule has 1 fully saturated rings. The summed E-state index contributed by atoms with van der Waals surface area (Å²) in [6.07, 6.45) is 4.97. The van der Waals surface area contributed by atoms with E-state index < -0.39 is 0 Å². The van der Waals surface area contributed by atoms with Gasteiger partial charge in [-0.25, -0.2) is 4.39 Å². The van der Waals surface area contributed by atoms with Crippen molar-refractivity contribution in [2.75, 3.05) is 0 Å². The molecule has 0 unspecified atom stereocenters. The van der Waals surface area contributed by atoms with Crippen molar-refractivity contribution in [2.24, 2.45) is 0 Å². The van der Waals surface area contributed by atoms with E-state index in [-0.39, 0.29) is 5.82 Å². The molecule has 0 radical (unpaired) electrons. The third-order valence-corrected chi connectivity index (χ3v) is 3.52. The summed E-state index contributed by atoms with van der Waals surface area (Å²) >= 11 is 0. The van der Waals surface area contributed by atoms with Crippen LogP contribution in [0.25, 0.3) is 10.9 Å². The first kappa shape index (κ1) is 13.1. The van der Waals surface area contributed by atoms with Crippen molar-refractivity contribution < 1.29 is 4.39 Å². The van der Waals surface area contributed by atoms with Gasteiger partial charge in [-0.05, 0) is 38.0 Å². The van der Waals surface area contributed by atoms with Crippen LogP contribution in [0.5, 0.6) is 0 Å². The number of fused-ring (bicyclic) bond motifs is 1. The van der Waals surface area contributed by atoms with E-state index in [0.717, 1.165) is 16.6 Å². The molecule has 1 aliphatic carbocycles. The molecule has 2 aromatic rings. The zero-order valence-electron chi connectivity index (χ0n) is 11.4. The summed E-state index contributed by atoms with van der Waals surface area (Å²) in [5.74, 6) is -0.179. The fourth-order valence-corrected chi connectivity index (χ4v) is 2.69. The minimum atomic E-state index is -0.179. The van der Waals surface area contributed by atoms with E-state index in [0.29, 0.717) is 6.04 Å². The van der Waals surface area contributed by atoms with Crippen LogP contribution in [-0.2, 0) is 0 Å². The standard InChI is InChI=1S/C13H15FN2.C2H6/c1-9-12-8-10(14)6-7-13(12)16(15-9)11-4-2-3-5-11;1-2/h6-8,11H,2-5H2,1H3;1-2H3. The van der Waals surface area contributed by atoms with Crippen LogP contribution in [0.4, 0.5) is 4.39 Å². The fourth-order valence-electron chi connectivity index (χ4n) is 2.69. The van der Waals surface area contributed by atoms with Crippen LogP contribution in [0.3, 0.4) is 0 Å². The quantitative estimate of drug-likeness (QED) is 0.719. The molecule has 1 aliphatic rings. The Morgan fingerprint density at radius 1 is 1.22 bits per heavy atom. The van der Waals surface area contributed by atoms with Crippen LogP contribution in [0.15, 0.2) is 18.2 Å².